The van der Waals surface area contributed by atoms with Crippen molar-refractivity contribution in [2.24, 2.45) is 0 Å². The number of aromatic nitrogens is 1. The number of nitrogens with zero attached hydrogens (tertiary/aromatic N) is 1. The Morgan fingerprint density at radius 3 is 2.36 bits per heavy atom. The Balaban J connectivity index is 0.000000980. The van der Waals surface area contributed by atoms with Crippen molar-refractivity contribution in [1.29, 1.82) is 0 Å². The van der Waals surface area contributed by atoms with Crippen molar-refractivity contribution in [3.05, 3.63) is 35.5 Å². The van der Waals surface area contributed by atoms with Crippen LogP contribution in [0.2, 0.25) is 0 Å². The maximum absolute atomic E-state index is 12.6. The molecule has 1 aromatic carbocycles. The van der Waals surface area contributed by atoms with Crippen LogP contribution in [0.5, 0.6) is 0 Å². The standard InChI is InChI=1S/C9H7FN2S.BrH/c10-7-3-1-6(2-4-7)8-5-13-9(11)12-8;/h1-5H,(H2,11,12);1H. The predicted octanol–water partition coefficient (Wildman–Crippen LogP) is 3.11. The van der Waals surface area contributed by atoms with Gasteiger partial charge in [-0.1, -0.05) is 0 Å². The summed E-state index contributed by atoms with van der Waals surface area (Å²) in [5.74, 6) is -0.244. The monoisotopic (exact) mass is 274 g/mol. The lowest BCUT2D eigenvalue weighted by atomic mass is 10.2. The Morgan fingerprint density at radius 1 is 1.21 bits per heavy atom. The topological polar surface area (TPSA) is 38.9 Å². The largest absolute Gasteiger partial charge is 0.375 e. The average Bonchev–Trinajstić information content (AvgIpc) is 2.53. The summed E-state index contributed by atoms with van der Waals surface area (Å²) in [5.41, 5.74) is 7.16. The molecule has 5 heteroatoms. The second kappa shape index (κ2) is 4.52. The Bertz CT molecular complexity index is 413. The molecule has 74 valence electrons. The summed E-state index contributed by atoms with van der Waals surface area (Å²) in [7, 11) is 0. The first kappa shape index (κ1) is 11.1. The minimum absolute atomic E-state index is 0. The Kier molecular flexibility index (Phi) is 3.60. The van der Waals surface area contributed by atoms with Crippen LogP contribution in [-0.2, 0) is 0 Å². The highest BCUT2D eigenvalue weighted by atomic mass is 79.9. The summed E-state index contributed by atoms with van der Waals surface area (Å²) < 4.78 is 12.6. The molecule has 0 aliphatic carbocycles. The molecule has 1 heterocycles. The maximum Gasteiger partial charge on any atom is 0.180 e. The predicted molar refractivity (Wildman–Crippen MR) is 62.2 cm³/mol. The van der Waals surface area contributed by atoms with E-state index in [0.29, 0.717) is 5.13 Å². The van der Waals surface area contributed by atoms with Crippen LogP contribution in [0.15, 0.2) is 29.6 Å². The first-order chi connectivity index (χ1) is 6.25. The quantitative estimate of drug-likeness (QED) is 0.868. The highest BCUT2D eigenvalue weighted by Crippen LogP contribution is 2.22. The van der Waals surface area contributed by atoms with E-state index >= 15 is 0 Å². The summed E-state index contributed by atoms with van der Waals surface area (Å²) >= 11 is 1.38. The van der Waals surface area contributed by atoms with Gasteiger partial charge >= 0.3 is 0 Å². The average molecular weight is 275 g/mol. The molecule has 0 fully saturated rings. The van der Waals surface area contributed by atoms with Gasteiger partial charge in [0.1, 0.15) is 5.82 Å². The number of thiazole rings is 1. The van der Waals surface area contributed by atoms with Gasteiger partial charge < -0.3 is 5.73 Å². The molecule has 0 bridgehead atoms. The lowest BCUT2D eigenvalue weighted by molar-refractivity contribution is 0.628. The third-order valence-corrected chi connectivity index (χ3v) is 2.34. The molecular formula is C9H8BrFN2S. The highest BCUT2D eigenvalue weighted by molar-refractivity contribution is 8.93. The maximum atomic E-state index is 12.6. The van der Waals surface area contributed by atoms with Gasteiger partial charge in [0, 0.05) is 10.9 Å². The lowest BCUT2D eigenvalue weighted by Gasteiger charge is -1.94. The molecule has 2 aromatic rings. The molecule has 0 radical (unpaired) electrons. The third kappa shape index (κ3) is 2.30. The van der Waals surface area contributed by atoms with E-state index in [-0.39, 0.29) is 22.8 Å². The molecule has 0 atom stereocenters. The molecule has 2 N–H and O–H groups in total. The molecule has 14 heavy (non-hydrogen) atoms. The second-order valence-corrected chi connectivity index (χ2v) is 3.47. The van der Waals surface area contributed by atoms with Crippen molar-refractivity contribution >= 4 is 33.4 Å². The van der Waals surface area contributed by atoms with E-state index in [1.165, 1.54) is 23.5 Å². The van der Waals surface area contributed by atoms with Gasteiger partial charge in [0.05, 0.1) is 5.69 Å². The smallest absolute Gasteiger partial charge is 0.180 e. The van der Waals surface area contributed by atoms with Crippen LogP contribution in [-0.4, -0.2) is 4.98 Å². The normalized spacial score (nSPS) is 9.50. The molecule has 0 aliphatic heterocycles. The number of hydrogen-bond donors (Lipinski definition) is 1. The molecule has 2 nitrogen and oxygen atoms in total. The van der Waals surface area contributed by atoms with Crippen molar-refractivity contribution in [3.8, 4) is 11.3 Å². The van der Waals surface area contributed by atoms with Gasteiger partial charge in [-0.2, -0.15) is 0 Å². The van der Waals surface area contributed by atoms with Crippen LogP contribution in [0.25, 0.3) is 11.3 Å². The van der Waals surface area contributed by atoms with Gasteiger partial charge in [-0.15, -0.1) is 28.3 Å². The molecular weight excluding hydrogens is 267 g/mol. The van der Waals surface area contributed by atoms with Crippen molar-refractivity contribution in [2.75, 3.05) is 5.73 Å². The summed E-state index contributed by atoms with van der Waals surface area (Å²) in [4.78, 5) is 4.08. The fourth-order valence-corrected chi connectivity index (χ4v) is 1.61. The number of benzene rings is 1. The number of nitrogen functional groups attached to an aromatic ring is 1. The third-order valence-electron chi connectivity index (χ3n) is 1.66. The van der Waals surface area contributed by atoms with Gasteiger partial charge in [0.25, 0.3) is 0 Å². The molecule has 0 aliphatic rings. The van der Waals surface area contributed by atoms with E-state index in [1.807, 2.05) is 5.38 Å². The first-order valence-electron chi connectivity index (χ1n) is 3.72. The minimum Gasteiger partial charge on any atom is -0.375 e. The fraction of sp³-hybridized carbons (Fsp3) is 0. The molecule has 0 spiro atoms. The summed E-state index contributed by atoms with van der Waals surface area (Å²) in [6.45, 7) is 0. The molecule has 0 unspecified atom stereocenters. The molecule has 0 amide bonds. The van der Waals surface area contributed by atoms with Gasteiger partial charge in [-0.05, 0) is 24.3 Å². The minimum atomic E-state index is -0.244. The SMILES string of the molecule is Br.Nc1nc(-c2ccc(F)cc2)cs1. The van der Waals surface area contributed by atoms with Crippen molar-refractivity contribution in [3.63, 3.8) is 0 Å². The van der Waals surface area contributed by atoms with E-state index in [1.54, 1.807) is 12.1 Å². The zero-order valence-electron chi connectivity index (χ0n) is 7.11. The van der Waals surface area contributed by atoms with Gasteiger partial charge in [-0.3, -0.25) is 0 Å². The molecule has 0 saturated carbocycles. The number of hydrogen-bond acceptors (Lipinski definition) is 3. The van der Waals surface area contributed by atoms with Crippen LogP contribution in [0.4, 0.5) is 9.52 Å². The number of rotatable bonds is 1. The van der Waals surface area contributed by atoms with Crippen LogP contribution in [0.1, 0.15) is 0 Å². The van der Waals surface area contributed by atoms with Gasteiger partial charge in [-0.25, -0.2) is 9.37 Å². The molecule has 2 rings (SSSR count). The highest BCUT2D eigenvalue weighted by Gasteiger charge is 2.01. The Hall–Kier alpha value is -0.940. The number of halogens is 2. The van der Waals surface area contributed by atoms with Gasteiger partial charge in [0.2, 0.25) is 0 Å². The van der Waals surface area contributed by atoms with E-state index in [0.717, 1.165) is 11.3 Å². The van der Waals surface area contributed by atoms with Crippen molar-refractivity contribution < 1.29 is 4.39 Å². The summed E-state index contributed by atoms with van der Waals surface area (Å²) in [5, 5.41) is 2.38. The Morgan fingerprint density at radius 2 is 1.86 bits per heavy atom. The van der Waals surface area contributed by atoms with Crippen molar-refractivity contribution in [1.82, 2.24) is 4.98 Å². The second-order valence-electron chi connectivity index (χ2n) is 2.58. The molecule has 0 saturated heterocycles. The number of anilines is 1. The zero-order chi connectivity index (χ0) is 9.26. The summed E-state index contributed by atoms with van der Waals surface area (Å²) in [6.07, 6.45) is 0. The lowest BCUT2D eigenvalue weighted by Crippen LogP contribution is -1.83. The van der Waals surface area contributed by atoms with Crippen LogP contribution in [0, 0.1) is 5.82 Å². The van der Waals surface area contributed by atoms with Crippen LogP contribution < -0.4 is 5.73 Å². The Labute approximate surface area is 95.4 Å². The zero-order valence-corrected chi connectivity index (χ0v) is 9.64. The van der Waals surface area contributed by atoms with Crippen LogP contribution in [0.3, 0.4) is 0 Å². The van der Waals surface area contributed by atoms with Gasteiger partial charge in [0.15, 0.2) is 5.13 Å². The van der Waals surface area contributed by atoms with E-state index < -0.39 is 0 Å². The summed E-state index contributed by atoms with van der Waals surface area (Å²) in [6, 6.07) is 6.18. The van der Waals surface area contributed by atoms with E-state index in [9.17, 15) is 4.39 Å². The first-order valence-corrected chi connectivity index (χ1v) is 4.60. The van der Waals surface area contributed by atoms with E-state index in [4.69, 9.17) is 5.73 Å². The molecule has 1 aromatic heterocycles. The van der Waals surface area contributed by atoms with Crippen molar-refractivity contribution in [2.45, 2.75) is 0 Å². The fourth-order valence-electron chi connectivity index (χ4n) is 1.04. The van der Waals surface area contributed by atoms with Crippen LogP contribution >= 0.6 is 28.3 Å². The van der Waals surface area contributed by atoms with E-state index in [2.05, 4.69) is 4.98 Å². The number of nitrogens with two attached hydrogens (primary N) is 1.